The number of nitrogens with one attached hydrogen (secondary N) is 1. The van der Waals surface area contributed by atoms with Gasteiger partial charge >= 0.3 is 0 Å². The van der Waals surface area contributed by atoms with Crippen LogP contribution in [0.1, 0.15) is 36.2 Å². The van der Waals surface area contributed by atoms with Gasteiger partial charge in [0.15, 0.2) is 0 Å². The van der Waals surface area contributed by atoms with Gasteiger partial charge in [0.25, 0.3) is 0 Å². The van der Waals surface area contributed by atoms with Gasteiger partial charge in [0, 0.05) is 6.20 Å². The van der Waals surface area contributed by atoms with Crippen molar-refractivity contribution in [3.05, 3.63) is 65.2 Å². The van der Waals surface area contributed by atoms with Crippen molar-refractivity contribution in [2.45, 2.75) is 26.3 Å². The highest BCUT2D eigenvalue weighted by Gasteiger charge is 2.18. The highest BCUT2D eigenvalue weighted by atomic mass is 19.1. The van der Waals surface area contributed by atoms with Gasteiger partial charge in [-0.25, -0.2) is 4.39 Å². The van der Waals surface area contributed by atoms with Gasteiger partial charge in [0.05, 0.1) is 11.7 Å². The first-order chi connectivity index (χ1) is 9.22. The predicted molar refractivity (Wildman–Crippen MR) is 75.5 cm³/mol. The molecule has 1 N–H and O–H groups in total. The first-order valence-electron chi connectivity index (χ1n) is 6.62. The van der Waals surface area contributed by atoms with Crippen molar-refractivity contribution in [2.24, 2.45) is 0 Å². The normalized spacial score (nSPS) is 12.4. The lowest BCUT2D eigenvalue weighted by atomic mass is 10.0. The second-order valence-electron chi connectivity index (χ2n) is 4.67. The van der Waals surface area contributed by atoms with Crippen LogP contribution in [0, 0.1) is 12.7 Å². The highest BCUT2D eigenvalue weighted by molar-refractivity contribution is 5.31. The maximum atomic E-state index is 14.0. The number of aromatic nitrogens is 1. The number of pyridine rings is 1. The molecule has 0 spiro atoms. The minimum absolute atomic E-state index is 0.193. The molecule has 0 saturated carbocycles. The molecule has 0 amide bonds. The zero-order valence-electron chi connectivity index (χ0n) is 11.4. The van der Waals surface area contributed by atoms with Crippen molar-refractivity contribution in [3.8, 4) is 0 Å². The first-order valence-corrected chi connectivity index (χ1v) is 6.62. The zero-order valence-corrected chi connectivity index (χ0v) is 11.4. The Morgan fingerprint density at radius 2 is 2.11 bits per heavy atom. The van der Waals surface area contributed by atoms with Crippen LogP contribution in [0.25, 0.3) is 0 Å². The van der Waals surface area contributed by atoms with Gasteiger partial charge < -0.3 is 5.32 Å². The molecule has 1 heterocycles. The highest BCUT2D eigenvalue weighted by Crippen LogP contribution is 2.23. The van der Waals surface area contributed by atoms with Crippen molar-refractivity contribution in [1.29, 1.82) is 0 Å². The molecule has 100 valence electrons. The topological polar surface area (TPSA) is 24.9 Å². The van der Waals surface area contributed by atoms with E-state index in [2.05, 4.69) is 23.3 Å². The number of hydrogen-bond donors (Lipinski definition) is 1. The van der Waals surface area contributed by atoms with Gasteiger partial charge in [-0.1, -0.05) is 36.8 Å². The fourth-order valence-electron chi connectivity index (χ4n) is 2.12. The summed E-state index contributed by atoms with van der Waals surface area (Å²) in [4.78, 5) is 4.20. The molecule has 0 fully saturated rings. The molecule has 19 heavy (non-hydrogen) atoms. The summed E-state index contributed by atoms with van der Waals surface area (Å²) in [5.41, 5.74) is 2.67. The molecule has 2 nitrogen and oxygen atoms in total. The van der Waals surface area contributed by atoms with Crippen LogP contribution in [0.15, 0.2) is 42.6 Å². The van der Waals surface area contributed by atoms with Crippen molar-refractivity contribution < 1.29 is 4.39 Å². The summed E-state index contributed by atoms with van der Waals surface area (Å²) in [6, 6.07) is 11.0. The molecule has 2 rings (SSSR count). The third kappa shape index (κ3) is 3.38. The smallest absolute Gasteiger partial charge is 0.146 e. The predicted octanol–water partition coefficient (Wildman–Crippen LogP) is 3.62. The number of halogens is 1. The quantitative estimate of drug-likeness (QED) is 0.886. The first kappa shape index (κ1) is 13.7. The van der Waals surface area contributed by atoms with Gasteiger partial charge in [0.2, 0.25) is 0 Å². The van der Waals surface area contributed by atoms with Gasteiger partial charge in [0.1, 0.15) is 5.82 Å². The molecule has 0 saturated heterocycles. The standard InChI is InChI=1S/C16H19FN2/c1-3-9-18-15(13-7-4-6-12(2)11-13)16-14(17)8-5-10-19-16/h4-8,10-11,15,18H,3,9H2,1-2H3. The maximum absolute atomic E-state index is 14.0. The van der Waals surface area contributed by atoms with Crippen molar-refractivity contribution in [1.82, 2.24) is 10.3 Å². The SMILES string of the molecule is CCCNC(c1cccc(C)c1)c1ncccc1F. The summed E-state index contributed by atoms with van der Waals surface area (Å²) >= 11 is 0. The molecule has 3 heteroatoms. The molecular weight excluding hydrogens is 239 g/mol. The molecular formula is C16H19FN2. The lowest BCUT2D eigenvalue weighted by Crippen LogP contribution is -2.25. The summed E-state index contributed by atoms with van der Waals surface area (Å²) in [7, 11) is 0. The van der Waals surface area contributed by atoms with Crippen LogP contribution in [0.3, 0.4) is 0 Å². The molecule has 2 aromatic rings. The van der Waals surface area contributed by atoms with E-state index in [1.165, 1.54) is 6.07 Å². The summed E-state index contributed by atoms with van der Waals surface area (Å²) in [6.45, 7) is 4.96. The van der Waals surface area contributed by atoms with Gasteiger partial charge in [-0.3, -0.25) is 4.98 Å². The Labute approximate surface area is 113 Å². The van der Waals surface area contributed by atoms with Crippen LogP contribution < -0.4 is 5.32 Å². The van der Waals surface area contributed by atoms with E-state index in [0.29, 0.717) is 5.69 Å². The zero-order chi connectivity index (χ0) is 13.7. The average Bonchev–Trinajstić information content (AvgIpc) is 2.41. The molecule has 0 bridgehead atoms. The van der Waals surface area contributed by atoms with E-state index >= 15 is 0 Å². The Morgan fingerprint density at radius 3 is 2.79 bits per heavy atom. The van der Waals surface area contributed by atoms with E-state index in [1.54, 1.807) is 12.3 Å². The van der Waals surface area contributed by atoms with Crippen molar-refractivity contribution in [2.75, 3.05) is 6.54 Å². The van der Waals surface area contributed by atoms with Crippen LogP contribution in [0.4, 0.5) is 4.39 Å². The maximum Gasteiger partial charge on any atom is 0.146 e. The average molecular weight is 258 g/mol. The molecule has 1 unspecified atom stereocenters. The lowest BCUT2D eigenvalue weighted by molar-refractivity contribution is 0.531. The van der Waals surface area contributed by atoms with E-state index in [0.717, 1.165) is 24.1 Å². The van der Waals surface area contributed by atoms with E-state index < -0.39 is 0 Å². The molecule has 0 aliphatic rings. The van der Waals surface area contributed by atoms with Crippen molar-refractivity contribution in [3.63, 3.8) is 0 Å². The fourth-order valence-corrected chi connectivity index (χ4v) is 2.12. The third-order valence-electron chi connectivity index (χ3n) is 3.03. The summed E-state index contributed by atoms with van der Waals surface area (Å²) in [5.74, 6) is -0.266. The van der Waals surface area contributed by atoms with Crippen LogP contribution in [-0.2, 0) is 0 Å². The van der Waals surface area contributed by atoms with Crippen molar-refractivity contribution >= 4 is 0 Å². The Morgan fingerprint density at radius 1 is 1.26 bits per heavy atom. The van der Waals surface area contributed by atoms with Crippen LogP contribution in [0.5, 0.6) is 0 Å². The number of benzene rings is 1. The minimum Gasteiger partial charge on any atom is -0.305 e. The van der Waals surface area contributed by atoms with E-state index in [-0.39, 0.29) is 11.9 Å². The fraction of sp³-hybridized carbons (Fsp3) is 0.312. The minimum atomic E-state index is -0.266. The second-order valence-corrected chi connectivity index (χ2v) is 4.67. The van der Waals surface area contributed by atoms with Gasteiger partial charge in [-0.2, -0.15) is 0 Å². The number of rotatable bonds is 5. The van der Waals surface area contributed by atoms with Crippen LogP contribution in [-0.4, -0.2) is 11.5 Å². The molecule has 1 aromatic heterocycles. The molecule has 0 radical (unpaired) electrons. The van der Waals surface area contributed by atoms with E-state index in [9.17, 15) is 4.39 Å². The third-order valence-corrected chi connectivity index (χ3v) is 3.03. The lowest BCUT2D eigenvalue weighted by Gasteiger charge is -2.19. The Hall–Kier alpha value is -1.74. The number of nitrogens with zero attached hydrogens (tertiary/aromatic N) is 1. The molecule has 1 aromatic carbocycles. The van der Waals surface area contributed by atoms with Crippen LogP contribution in [0.2, 0.25) is 0 Å². The molecule has 1 atom stereocenters. The monoisotopic (exact) mass is 258 g/mol. The Kier molecular flexibility index (Phi) is 4.63. The Bertz CT molecular complexity index is 540. The van der Waals surface area contributed by atoms with E-state index in [1.807, 2.05) is 25.1 Å². The van der Waals surface area contributed by atoms with Crippen LogP contribution >= 0.6 is 0 Å². The van der Waals surface area contributed by atoms with E-state index in [4.69, 9.17) is 0 Å². The number of aryl methyl sites for hydroxylation is 1. The Balaban J connectivity index is 2.38. The number of hydrogen-bond acceptors (Lipinski definition) is 2. The van der Waals surface area contributed by atoms with Gasteiger partial charge in [-0.05, 0) is 37.6 Å². The molecule has 0 aliphatic heterocycles. The molecule has 0 aliphatic carbocycles. The summed E-state index contributed by atoms with van der Waals surface area (Å²) in [5, 5.41) is 3.37. The largest absolute Gasteiger partial charge is 0.305 e. The second kappa shape index (κ2) is 6.43. The summed E-state index contributed by atoms with van der Waals surface area (Å²) < 4.78 is 14.0. The van der Waals surface area contributed by atoms with Gasteiger partial charge in [-0.15, -0.1) is 0 Å². The summed E-state index contributed by atoms with van der Waals surface area (Å²) in [6.07, 6.45) is 2.63.